The van der Waals surface area contributed by atoms with Crippen molar-refractivity contribution >= 4 is 42.8 Å². The summed E-state index contributed by atoms with van der Waals surface area (Å²) in [7, 11) is 0. The van der Waals surface area contributed by atoms with E-state index in [-0.39, 0.29) is 5.82 Å². The van der Waals surface area contributed by atoms with Crippen LogP contribution in [-0.2, 0) is 0 Å². The van der Waals surface area contributed by atoms with Gasteiger partial charge in [-0.25, -0.2) is 4.39 Å². The summed E-state index contributed by atoms with van der Waals surface area (Å²) in [5.41, 5.74) is 0.599. The number of benzene rings is 1. The first-order valence-corrected chi connectivity index (χ1v) is 4.76. The minimum Gasteiger partial charge on any atom is -0.270 e. The van der Waals surface area contributed by atoms with Gasteiger partial charge in [0.2, 0.25) is 0 Å². The van der Waals surface area contributed by atoms with Gasteiger partial charge < -0.3 is 0 Å². The Balaban J connectivity index is 2.93. The average Bonchev–Trinajstić information content (AvgIpc) is 2.41. The van der Waals surface area contributed by atoms with Crippen molar-refractivity contribution in [2.75, 3.05) is 0 Å². The van der Waals surface area contributed by atoms with Crippen LogP contribution in [0.25, 0.3) is 10.9 Å². The van der Waals surface area contributed by atoms with Gasteiger partial charge in [0.15, 0.2) is 0 Å². The van der Waals surface area contributed by atoms with Crippen molar-refractivity contribution in [3.63, 3.8) is 0 Å². The summed E-state index contributed by atoms with van der Waals surface area (Å²) < 4.78 is 14.1. The molecule has 2 nitrogen and oxygen atoms in total. The minimum atomic E-state index is -0.304. The van der Waals surface area contributed by atoms with Gasteiger partial charge in [-0.1, -0.05) is 0 Å². The topological polar surface area (TPSA) is 28.7 Å². The molecule has 1 aromatic carbocycles. The monoisotopic (exact) mass is 292 g/mol. The smallest absolute Gasteiger partial charge is 0.139 e. The van der Waals surface area contributed by atoms with E-state index in [9.17, 15) is 4.39 Å². The molecule has 5 heteroatoms. The van der Waals surface area contributed by atoms with Crippen LogP contribution in [0.1, 0.15) is 0 Å². The molecule has 1 heterocycles. The number of aromatic amines is 1. The summed E-state index contributed by atoms with van der Waals surface area (Å²) >= 11 is 6.38. The van der Waals surface area contributed by atoms with E-state index in [1.54, 1.807) is 6.07 Å². The van der Waals surface area contributed by atoms with Crippen molar-refractivity contribution in [2.45, 2.75) is 0 Å². The van der Waals surface area contributed by atoms with Gasteiger partial charge in [-0.05, 0) is 44.0 Å². The number of hydrogen-bond donors (Lipinski definition) is 1. The van der Waals surface area contributed by atoms with Gasteiger partial charge in [0, 0.05) is 5.39 Å². The molecule has 12 heavy (non-hydrogen) atoms. The van der Waals surface area contributed by atoms with Crippen molar-refractivity contribution in [3.05, 3.63) is 27.0 Å². The quantitative estimate of drug-likeness (QED) is 0.794. The number of nitrogens with one attached hydrogen (secondary N) is 1. The zero-order chi connectivity index (χ0) is 8.72. The molecular formula is C7H3Br2FN2. The number of rotatable bonds is 0. The third-order valence-corrected chi connectivity index (χ3v) is 2.93. The summed E-state index contributed by atoms with van der Waals surface area (Å²) in [4.78, 5) is 0. The summed E-state index contributed by atoms with van der Waals surface area (Å²) in [5.74, 6) is -0.304. The number of nitrogens with zero attached hydrogens (tertiary/aromatic N) is 1. The molecule has 0 saturated carbocycles. The molecule has 0 bridgehead atoms. The third-order valence-electron chi connectivity index (χ3n) is 1.57. The first-order chi connectivity index (χ1) is 5.70. The number of hydrogen-bond acceptors (Lipinski definition) is 1. The second kappa shape index (κ2) is 2.81. The lowest BCUT2D eigenvalue weighted by molar-refractivity contribution is 0.623. The largest absolute Gasteiger partial charge is 0.270 e. The van der Waals surface area contributed by atoms with Crippen LogP contribution in [0.15, 0.2) is 21.2 Å². The van der Waals surface area contributed by atoms with Crippen molar-refractivity contribution in [1.82, 2.24) is 10.2 Å². The van der Waals surface area contributed by atoms with Crippen LogP contribution in [-0.4, -0.2) is 10.2 Å². The van der Waals surface area contributed by atoms with E-state index in [2.05, 4.69) is 42.1 Å². The fourth-order valence-corrected chi connectivity index (χ4v) is 1.83. The first-order valence-electron chi connectivity index (χ1n) is 3.17. The maximum Gasteiger partial charge on any atom is 0.139 e. The lowest BCUT2D eigenvalue weighted by Gasteiger charge is -1.93. The van der Waals surface area contributed by atoms with E-state index in [4.69, 9.17) is 0 Å². The Morgan fingerprint density at radius 1 is 1.33 bits per heavy atom. The van der Waals surface area contributed by atoms with Crippen LogP contribution in [0, 0.1) is 5.82 Å². The van der Waals surface area contributed by atoms with Gasteiger partial charge in [-0.2, -0.15) is 5.10 Å². The molecule has 0 aliphatic rings. The molecule has 0 aliphatic carbocycles. The Morgan fingerprint density at radius 2 is 2.08 bits per heavy atom. The van der Waals surface area contributed by atoms with Crippen LogP contribution >= 0.6 is 31.9 Å². The summed E-state index contributed by atoms with van der Waals surface area (Å²) in [6.07, 6.45) is 0. The molecule has 2 rings (SSSR count). The second-order valence-corrected chi connectivity index (χ2v) is 3.88. The molecule has 1 N–H and O–H groups in total. The lowest BCUT2D eigenvalue weighted by Crippen LogP contribution is -1.78. The van der Waals surface area contributed by atoms with Gasteiger partial charge in [0.05, 0.1) is 4.47 Å². The predicted molar refractivity (Wildman–Crippen MR) is 51.5 cm³/mol. The van der Waals surface area contributed by atoms with Gasteiger partial charge in [0.25, 0.3) is 0 Å². The van der Waals surface area contributed by atoms with Crippen LogP contribution in [0.3, 0.4) is 0 Å². The molecule has 0 radical (unpaired) electrons. The molecule has 0 atom stereocenters. The van der Waals surface area contributed by atoms with Gasteiger partial charge >= 0.3 is 0 Å². The Kier molecular flexibility index (Phi) is 1.92. The van der Waals surface area contributed by atoms with Crippen LogP contribution in [0.5, 0.6) is 0 Å². The molecule has 1 aromatic heterocycles. The van der Waals surface area contributed by atoms with Crippen LogP contribution < -0.4 is 0 Å². The van der Waals surface area contributed by atoms with Crippen molar-refractivity contribution in [3.8, 4) is 0 Å². The van der Waals surface area contributed by atoms with Crippen molar-refractivity contribution < 1.29 is 4.39 Å². The van der Waals surface area contributed by atoms with Gasteiger partial charge in [0.1, 0.15) is 15.9 Å². The van der Waals surface area contributed by atoms with E-state index >= 15 is 0 Å². The Bertz CT molecular complexity index is 438. The van der Waals surface area contributed by atoms with E-state index in [0.29, 0.717) is 9.99 Å². The fourth-order valence-electron chi connectivity index (χ4n) is 0.992. The summed E-state index contributed by atoms with van der Waals surface area (Å²) in [5, 5.41) is 7.50. The van der Waals surface area contributed by atoms with E-state index in [1.807, 2.05) is 0 Å². The Morgan fingerprint density at radius 3 is 2.83 bits per heavy atom. The zero-order valence-corrected chi connectivity index (χ0v) is 8.91. The highest BCUT2D eigenvalue weighted by Gasteiger charge is 2.09. The van der Waals surface area contributed by atoms with E-state index in [0.717, 1.165) is 9.99 Å². The van der Waals surface area contributed by atoms with Crippen molar-refractivity contribution in [2.24, 2.45) is 0 Å². The molecule has 0 unspecified atom stereocenters. The SMILES string of the molecule is Fc1ccc2c(Br)[nH]nc2c1Br. The fraction of sp³-hybridized carbons (Fsp3) is 0. The molecule has 62 valence electrons. The number of H-pyrrole nitrogens is 1. The molecule has 2 aromatic rings. The minimum absolute atomic E-state index is 0.304. The number of fused-ring (bicyclic) bond motifs is 1. The normalized spacial score (nSPS) is 10.9. The Labute approximate surface area is 84.4 Å². The molecule has 0 fully saturated rings. The third kappa shape index (κ3) is 1.08. The van der Waals surface area contributed by atoms with Gasteiger partial charge in [-0.15, -0.1) is 0 Å². The zero-order valence-electron chi connectivity index (χ0n) is 5.74. The lowest BCUT2D eigenvalue weighted by atomic mass is 10.2. The standard InChI is InChI=1S/C7H3Br2FN2/c8-5-4(10)2-1-3-6(5)11-12-7(3)9/h1-2H,(H,11,12). The summed E-state index contributed by atoms with van der Waals surface area (Å²) in [6, 6.07) is 3.07. The maximum absolute atomic E-state index is 12.9. The molecular weight excluding hydrogens is 291 g/mol. The summed E-state index contributed by atoms with van der Waals surface area (Å²) in [6.45, 7) is 0. The number of aromatic nitrogens is 2. The second-order valence-electron chi connectivity index (χ2n) is 2.30. The molecule has 0 aliphatic heterocycles. The highest BCUT2D eigenvalue weighted by Crippen LogP contribution is 2.28. The van der Waals surface area contributed by atoms with Crippen LogP contribution in [0.4, 0.5) is 4.39 Å². The molecule has 0 spiro atoms. The van der Waals surface area contributed by atoms with E-state index < -0.39 is 0 Å². The highest BCUT2D eigenvalue weighted by atomic mass is 79.9. The van der Waals surface area contributed by atoms with Crippen molar-refractivity contribution in [1.29, 1.82) is 0 Å². The average molecular weight is 294 g/mol. The highest BCUT2D eigenvalue weighted by molar-refractivity contribution is 9.11. The first kappa shape index (κ1) is 8.19. The number of halogens is 3. The molecule has 0 amide bonds. The van der Waals surface area contributed by atoms with Crippen LogP contribution in [0.2, 0.25) is 0 Å². The van der Waals surface area contributed by atoms with E-state index in [1.165, 1.54) is 6.07 Å². The predicted octanol–water partition coefficient (Wildman–Crippen LogP) is 3.23. The Hall–Kier alpha value is -0.420. The van der Waals surface area contributed by atoms with Gasteiger partial charge in [-0.3, -0.25) is 5.10 Å². The molecule has 0 saturated heterocycles. The maximum atomic E-state index is 12.9.